The molecule has 0 radical (unpaired) electrons. The first-order valence-corrected chi connectivity index (χ1v) is 10.1. The van der Waals surface area contributed by atoms with E-state index in [1.54, 1.807) is 36.7 Å². The van der Waals surface area contributed by atoms with Crippen LogP contribution in [0.2, 0.25) is 0 Å². The third-order valence-corrected chi connectivity index (χ3v) is 4.93. The topological polar surface area (TPSA) is 77.3 Å². The molecule has 0 unspecified atom stereocenters. The third-order valence-electron chi connectivity index (χ3n) is 4.93. The second-order valence-corrected chi connectivity index (χ2v) is 7.14. The molecule has 0 saturated carbocycles. The zero-order valence-corrected chi connectivity index (χ0v) is 17.1. The quantitative estimate of drug-likeness (QED) is 0.379. The number of pyridine rings is 1. The summed E-state index contributed by atoms with van der Waals surface area (Å²) in [6.45, 7) is 0.323. The molecule has 5 aromatic rings. The van der Waals surface area contributed by atoms with E-state index in [9.17, 15) is 4.79 Å². The molecule has 0 saturated heterocycles. The lowest BCUT2D eigenvalue weighted by Crippen LogP contribution is -2.13. The van der Waals surface area contributed by atoms with Gasteiger partial charge in [0.2, 0.25) is 5.89 Å². The molecule has 32 heavy (non-hydrogen) atoms. The average Bonchev–Trinajstić information content (AvgIpc) is 3.30. The van der Waals surface area contributed by atoms with Gasteiger partial charge in [0.1, 0.15) is 6.61 Å². The molecule has 2 aromatic heterocycles. The molecule has 0 aliphatic carbocycles. The van der Waals surface area contributed by atoms with Gasteiger partial charge in [-0.3, -0.25) is 9.78 Å². The maximum Gasteiger partial charge on any atom is 0.255 e. The van der Waals surface area contributed by atoms with E-state index in [4.69, 9.17) is 9.15 Å². The first-order chi connectivity index (χ1) is 15.8. The molecule has 1 amide bonds. The lowest BCUT2D eigenvalue weighted by molar-refractivity contribution is 0.102. The Bertz CT molecular complexity index is 1350. The molecule has 156 valence electrons. The molecule has 0 aliphatic rings. The second-order valence-electron chi connectivity index (χ2n) is 7.14. The minimum atomic E-state index is -0.231. The molecule has 1 N–H and O–H groups in total. The Morgan fingerprint density at radius 3 is 2.44 bits per heavy atom. The van der Waals surface area contributed by atoms with E-state index in [0.29, 0.717) is 40.6 Å². The number of carbonyl (C=O) groups is 1. The van der Waals surface area contributed by atoms with Gasteiger partial charge in [-0.2, -0.15) is 0 Å². The molecule has 6 nitrogen and oxygen atoms in total. The van der Waals surface area contributed by atoms with Crippen LogP contribution in [-0.4, -0.2) is 15.9 Å². The van der Waals surface area contributed by atoms with Crippen LogP contribution in [-0.2, 0) is 6.61 Å². The van der Waals surface area contributed by atoms with E-state index in [0.717, 1.165) is 11.1 Å². The standard InChI is InChI=1S/C26H19N3O3/c30-25(19-10-5-2-6-11-19)28-21-13-14-22-23(24(21)31-17-18-8-3-1-4-9-18)29-26(32-22)20-12-7-15-27-16-20/h1-16H,17H2,(H,28,30). The van der Waals surface area contributed by atoms with Crippen molar-refractivity contribution >= 4 is 22.7 Å². The number of nitrogens with one attached hydrogen (secondary N) is 1. The maximum atomic E-state index is 12.8. The summed E-state index contributed by atoms with van der Waals surface area (Å²) in [7, 11) is 0. The van der Waals surface area contributed by atoms with Crippen LogP contribution in [0.4, 0.5) is 5.69 Å². The molecule has 0 atom stereocenters. The van der Waals surface area contributed by atoms with Crippen molar-refractivity contribution in [2.45, 2.75) is 6.61 Å². The normalized spacial score (nSPS) is 10.8. The van der Waals surface area contributed by atoms with Gasteiger partial charge in [0.05, 0.1) is 11.3 Å². The predicted octanol–water partition coefficient (Wildman–Crippen LogP) is 5.72. The molecule has 5 rings (SSSR count). The van der Waals surface area contributed by atoms with Gasteiger partial charge < -0.3 is 14.5 Å². The van der Waals surface area contributed by atoms with Crippen LogP contribution in [0.1, 0.15) is 15.9 Å². The van der Waals surface area contributed by atoms with E-state index in [1.165, 1.54) is 0 Å². The third kappa shape index (κ3) is 4.06. The molecule has 6 heteroatoms. The second kappa shape index (κ2) is 8.73. The maximum absolute atomic E-state index is 12.8. The number of fused-ring (bicyclic) bond motifs is 1. The lowest BCUT2D eigenvalue weighted by Gasteiger charge is -2.13. The van der Waals surface area contributed by atoms with Crippen LogP contribution in [0.15, 0.2) is 102 Å². The van der Waals surface area contributed by atoms with Crippen LogP contribution in [0.25, 0.3) is 22.6 Å². The minimum absolute atomic E-state index is 0.231. The van der Waals surface area contributed by atoms with Crippen molar-refractivity contribution in [1.29, 1.82) is 0 Å². The van der Waals surface area contributed by atoms with Crippen molar-refractivity contribution in [3.63, 3.8) is 0 Å². The molecule has 0 fully saturated rings. The molecular formula is C26H19N3O3. The summed E-state index contributed by atoms with van der Waals surface area (Å²) in [6.07, 6.45) is 3.38. The Morgan fingerprint density at radius 1 is 0.906 bits per heavy atom. The van der Waals surface area contributed by atoms with Crippen molar-refractivity contribution in [2.75, 3.05) is 5.32 Å². The number of amides is 1. The van der Waals surface area contributed by atoms with Crippen LogP contribution in [0, 0.1) is 0 Å². The number of benzene rings is 3. The summed E-state index contributed by atoms with van der Waals surface area (Å²) < 4.78 is 12.1. The van der Waals surface area contributed by atoms with Gasteiger partial charge in [-0.05, 0) is 42.0 Å². The van der Waals surface area contributed by atoms with E-state index in [1.807, 2.05) is 60.7 Å². The number of ether oxygens (including phenoxy) is 1. The van der Waals surface area contributed by atoms with Crippen molar-refractivity contribution in [3.8, 4) is 17.2 Å². The van der Waals surface area contributed by atoms with Gasteiger partial charge in [0, 0.05) is 18.0 Å². The SMILES string of the molecule is O=C(Nc1ccc2oc(-c3cccnc3)nc2c1OCc1ccccc1)c1ccccc1. The van der Waals surface area contributed by atoms with Gasteiger partial charge in [-0.1, -0.05) is 48.5 Å². The van der Waals surface area contributed by atoms with Gasteiger partial charge in [0.25, 0.3) is 5.91 Å². The van der Waals surface area contributed by atoms with Crippen LogP contribution < -0.4 is 10.1 Å². The van der Waals surface area contributed by atoms with E-state index < -0.39 is 0 Å². The summed E-state index contributed by atoms with van der Waals surface area (Å²) >= 11 is 0. The van der Waals surface area contributed by atoms with Gasteiger partial charge >= 0.3 is 0 Å². The number of hydrogen-bond donors (Lipinski definition) is 1. The van der Waals surface area contributed by atoms with Crippen LogP contribution in [0.5, 0.6) is 5.75 Å². The zero-order chi connectivity index (χ0) is 21.8. The monoisotopic (exact) mass is 421 g/mol. The lowest BCUT2D eigenvalue weighted by atomic mass is 10.2. The van der Waals surface area contributed by atoms with E-state index in [-0.39, 0.29) is 5.91 Å². The number of aromatic nitrogens is 2. The summed E-state index contributed by atoms with van der Waals surface area (Å²) in [5.74, 6) is 0.657. The first-order valence-electron chi connectivity index (χ1n) is 10.1. The van der Waals surface area contributed by atoms with Crippen molar-refractivity contribution in [3.05, 3.63) is 108 Å². The minimum Gasteiger partial charge on any atom is -0.484 e. The van der Waals surface area contributed by atoms with Crippen LogP contribution >= 0.6 is 0 Å². The Kier molecular flexibility index (Phi) is 5.32. The Morgan fingerprint density at radius 2 is 1.69 bits per heavy atom. The number of carbonyl (C=O) groups excluding carboxylic acids is 1. The molecular weight excluding hydrogens is 402 g/mol. The Hall–Kier alpha value is -4.45. The zero-order valence-electron chi connectivity index (χ0n) is 17.1. The number of nitrogens with zero attached hydrogens (tertiary/aromatic N) is 2. The Balaban J connectivity index is 1.54. The number of oxazole rings is 1. The van der Waals surface area contributed by atoms with Crippen LogP contribution in [0.3, 0.4) is 0 Å². The number of hydrogen-bond acceptors (Lipinski definition) is 5. The predicted molar refractivity (Wildman–Crippen MR) is 122 cm³/mol. The van der Waals surface area contributed by atoms with E-state index in [2.05, 4.69) is 15.3 Å². The summed E-state index contributed by atoms with van der Waals surface area (Å²) in [5.41, 5.74) is 3.93. The smallest absolute Gasteiger partial charge is 0.255 e. The Labute approximate surface area is 184 Å². The fourth-order valence-electron chi connectivity index (χ4n) is 3.34. The average molecular weight is 421 g/mol. The summed E-state index contributed by atoms with van der Waals surface area (Å²) in [4.78, 5) is 21.6. The summed E-state index contributed by atoms with van der Waals surface area (Å²) in [5, 5.41) is 2.95. The summed E-state index contributed by atoms with van der Waals surface area (Å²) in [6, 6.07) is 26.1. The van der Waals surface area contributed by atoms with Crippen molar-refractivity contribution < 1.29 is 13.9 Å². The van der Waals surface area contributed by atoms with Gasteiger partial charge in [0.15, 0.2) is 16.8 Å². The highest BCUT2D eigenvalue weighted by molar-refractivity contribution is 6.06. The molecule has 3 aromatic carbocycles. The highest BCUT2D eigenvalue weighted by Crippen LogP contribution is 2.36. The van der Waals surface area contributed by atoms with Crippen molar-refractivity contribution in [2.24, 2.45) is 0 Å². The number of rotatable bonds is 6. The molecule has 0 spiro atoms. The van der Waals surface area contributed by atoms with E-state index >= 15 is 0 Å². The highest BCUT2D eigenvalue weighted by atomic mass is 16.5. The molecule has 2 heterocycles. The van der Waals surface area contributed by atoms with Gasteiger partial charge in [-0.25, -0.2) is 4.98 Å². The fraction of sp³-hybridized carbons (Fsp3) is 0.0385. The molecule has 0 aliphatic heterocycles. The fourth-order valence-corrected chi connectivity index (χ4v) is 3.34. The first kappa shape index (κ1) is 19.5. The van der Waals surface area contributed by atoms with Crippen molar-refractivity contribution in [1.82, 2.24) is 9.97 Å². The largest absolute Gasteiger partial charge is 0.484 e. The highest BCUT2D eigenvalue weighted by Gasteiger charge is 2.19. The number of anilines is 1. The van der Waals surface area contributed by atoms with Gasteiger partial charge in [-0.15, -0.1) is 0 Å². The molecule has 0 bridgehead atoms.